The number of furan rings is 1. The van der Waals surface area contributed by atoms with Gasteiger partial charge in [-0.3, -0.25) is 0 Å². The normalized spacial score (nSPS) is 14.5. The maximum Gasteiger partial charge on any atom is 0.241 e. The molecule has 0 aliphatic carbocycles. The van der Waals surface area contributed by atoms with Crippen LogP contribution in [0.15, 0.2) is 39.6 Å². The fourth-order valence-corrected chi connectivity index (χ4v) is 3.46. The minimum Gasteiger partial charge on any atom is -0.465 e. The van der Waals surface area contributed by atoms with Gasteiger partial charge in [0.2, 0.25) is 10.0 Å². The van der Waals surface area contributed by atoms with Crippen molar-refractivity contribution in [1.82, 2.24) is 4.72 Å². The van der Waals surface area contributed by atoms with Gasteiger partial charge < -0.3 is 9.73 Å². The first-order chi connectivity index (χ1) is 10.0. The van der Waals surface area contributed by atoms with Crippen molar-refractivity contribution in [3.05, 3.63) is 47.4 Å². The first-order valence-electron chi connectivity index (χ1n) is 6.96. The van der Waals surface area contributed by atoms with E-state index in [-0.39, 0.29) is 11.4 Å². The Morgan fingerprint density at radius 1 is 1.29 bits per heavy atom. The second-order valence-electron chi connectivity index (χ2n) is 5.19. The third-order valence-electron chi connectivity index (χ3n) is 3.56. The zero-order valence-electron chi connectivity index (χ0n) is 11.8. The van der Waals surface area contributed by atoms with E-state index in [4.69, 9.17) is 4.42 Å². The first-order valence-corrected chi connectivity index (χ1v) is 8.45. The molecule has 21 heavy (non-hydrogen) atoms. The fraction of sp³-hybridized carbons (Fsp3) is 0.333. The summed E-state index contributed by atoms with van der Waals surface area (Å²) in [5.41, 5.74) is 2.08. The Bertz CT molecular complexity index is 750. The summed E-state index contributed by atoms with van der Waals surface area (Å²) >= 11 is 0. The van der Waals surface area contributed by atoms with Crippen molar-refractivity contribution < 1.29 is 12.8 Å². The Kier molecular flexibility index (Phi) is 3.73. The lowest BCUT2D eigenvalue weighted by atomic mass is 10.0. The summed E-state index contributed by atoms with van der Waals surface area (Å²) in [6.07, 6.45) is 2.07. The van der Waals surface area contributed by atoms with Crippen molar-refractivity contribution in [3.63, 3.8) is 0 Å². The molecule has 0 radical (unpaired) electrons. The van der Waals surface area contributed by atoms with E-state index in [0.29, 0.717) is 5.76 Å². The molecular weight excluding hydrogens is 288 g/mol. The third-order valence-corrected chi connectivity index (χ3v) is 4.96. The Labute approximate surface area is 124 Å². The zero-order chi connectivity index (χ0) is 14.9. The molecule has 0 amide bonds. The van der Waals surface area contributed by atoms with Gasteiger partial charge in [-0.2, -0.15) is 0 Å². The standard InChI is InChI=1S/C15H18N2O3S/c1-11-4-6-13(20-11)10-17-21(18,19)14-7-5-12-3-2-8-16-15(12)9-14/h4-7,9,16-17H,2-3,8,10H2,1H3. The fourth-order valence-electron chi connectivity index (χ4n) is 2.44. The van der Waals surface area contributed by atoms with Gasteiger partial charge in [-0.15, -0.1) is 0 Å². The number of rotatable bonds is 4. The zero-order valence-corrected chi connectivity index (χ0v) is 12.7. The molecule has 0 bridgehead atoms. The summed E-state index contributed by atoms with van der Waals surface area (Å²) in [6, 6.07) is 8.82. The molecule has 0 unspecified atom stereocenters. The number of benzene rings is 1. The van der Waals surface area contributed by atoms with Crippen molar-refractivity contribution in [2.75, 3.05) is 11.9 Å². The molecule has 0 fully saturated rings. The lowest BCUT2D eigenvalue weighted by molar-refractivity contribution is 0.475. The monoisotopic (exact) mass is 306 g/mol. The molecular formula is C15H18N2O3S. The van der Waals surface area contributed by atoms with Gasteiger partial charge in [0.25, 0.3) is 0 Å². The molecule has 0 saturated carbocycles. The molecule has 3 rings (SSSR count). The Morgan fingerprint density at radius 2 is 2.14 bits per heavy atom. The van der Waals surface area contributed by atoms with Crippen LogP contribution in [0.2, 0.25) is 0 Å². The van der Waals surface area contributed by atoms with Gasteiger partial charge in [0, 0.05) is 12.2 Å². The molecule has 5 nitrogen and oxygen atoms in total. The van der Waals surface area contributed by atoms with Crippen molar-refractivity contribution in [2.24, 2.45) is 0 Å². The maximum atomic E-state index is 12.3. The van der Waals surface area contributed by atoms with Crippen LogP contribution in [-0.2, 0) is 23.0 Å². The number of aryl methyl sites for hydroxylation is 2. The lowest BCUT2D eigenvalue weighted by Gasteiger charge is -2.18. The van der Waals surface area contributed by atoms with Crippen molar-refractivity contribution in [3.8, 4) is 0 Å². The molecule has 2 heterocycles. The van der Waals surface area contributed by atoms with Gasteiger partial charge in [0.1, 0.15) is 11.5 Å². The molecule has 2 N–H and O–H groups in total. The number of anilines is 1. The first kappa shape index (κ1) is 14.2. The van der Waals surface area contributed by atoms with E-state index in [0.717, 1.165) is 30.8 Å². The second kappa shape index (κ2) is 5.54. The average molecular weight is 306 g/mol. The topological polar surface area (TPSA) is 71.3 Å². The van der Waals surface area contributed by atoms with Crippen LogP contribution in [0.3, 0.4) is 0 Å². The summed E-state index contributed by atoms with van der Waals surface area (Å²) in [6.45, 7) is 2.86. The molecule has 6 heteroatoms. The number of nitrogens with one attached hydrogen (secondary N) is 2. The lowest BCUT2D eigenvalue weighted by Crippen LogP contribution is -2.23. The van der Waals surface area contributed by atoms with E-state index in [9.17, 15) is 8.42 Å². The van der Waals surface area contributed by atoms with Crippen LogP contribution in [0.5, 0.6) is 0 Å². The minimum absolute atomic E-state index is 0.153. The molecule has 1 aromatic carbocycles. The Balaban J connectivity index is 1.78. The van der Waals surface area contributed by atoms with E-state index < -0.39 is 10.0 Å². The van der Waals surface area contributed by atoms with Gasteiger partial charge in [0.05, 0.1) is 11.4 Å². The van der Waals surface area contributed by atoms with Crippen LogP contribution in [0.1, 0.15) is 23.5 Å². The van der Waals surface area contributed by atoms with E-state index in [1.54, 1.807) is 18.2 Å². The van der Waals surface area contributed by atoms with Crippen LogP contribution in [-0.4, -0.2) is 15.0 Å². The van der Waals surface area contributed by atoms with E-state index in [2.05, 4.69) is 10.0 Å². The van der Waals surface area contributed by atoms with Gasteiger partial charge in [0.15, 0.2) is 0 Å². The predicted octanol–water partition coefficient (Wildman–Crippen LogP) is 2.42. The highest BCUT2D eigenvalue weighted by molar-refractivity contribution is 7.89. The number of sulfonamides is 1. The summed E-state index contributed by atoms with van der Waals surface area (Å²) in [5, 5.41) is 3.24. The van der Waals surface area contributed by atoms with Crippen molar-refractivity contribution >= 4 is 15.7 Å². The number of hydrogen-bond acceptors (Lipinski definition) is 4. The van der Waals surface area contributed by atoms with E-state index >= 15 is 0 Å². The average Bonchev–Trinajstić information content (AvgIpc) is 2.90. The highest BCUT2D eigenvalue weighted by atomic mass is 32.2. The van der Waals surface area contributed by atoms with Gasteiger partial charge >= 0.3 is 0 Å². The summed E-state index contributed by atoms with van der Waals surface area (Å²) in [4.78, 5) is 0.277. The van der Waals surface area contributed by atoms with Crippen LogP contribution in [0.4, 0.5) is 5.69 Å². The minimum atomic E-state index is -3.53. The molecule has 112 valence electrons. The Morgan fingerprint density at radius 3 is 2.90 bits per heavy atom. The molecule has 1 aliphatic rings. The molecule has 0 atom stereocenters. The van der Waals surface area contributed by atoms with Gasteiger partial charge in [-0.05, 0) is 49.6 Å². The quantitative estimate of drug-likeness (QED) is 0.910. The largest absolute Gasteiger partial charge is 0.465 e. The Hall–Kier alpha value is -1.79. The van der Waals surface area contributed by atoms with Crippen LogP contribution >= 0.6 is 0 Å². The van der Waals surface area contributed by atoms with E-state index in [1.165, 1.54) is 5.56 Å². The van der Waals surface area contributed by atoms with Crippen LogP contribution in [0.25, 0.3) is 0 Å². The third kappa shape index (κ3) is 3.11. The molecule has 0 saturated heterocycles. The number of fused-ring (bicyclic) bond motifs is 1. The summed E-state index contributed by atoms with van der Waals surface area (Å²) in [5.74, 6) is 1.37. The van der Waals surface area contributed by atoms with Crippen molar-refractivity contribution in [1.29, 1.82) is 0 Å². The molecule has 2 aromatic rings. The maximum absolute atomic E-state index is 12.3. The highest BCUT2D eigenvalue weighted by Crippen LogP contribution is 2.25. The molecule has 0 spiro atoms. The second-order valence-corrected chi connectivity index (χ2v) is 6.95. The van der Waals surface area contributed by atoms with Crippen LogP contribution < -0.4 is 10.0 Å². The van der Waals surface area contributed by atoms with Crippen molar-refractivity contribution in [2.45, 2.75) is 31.2 Å². The van der Waals surface area contributed by atoms with Gasteiger partial charge in [-0.1, -0.05) is 6.07 Å². The highest BCUT2D eigenvalue weighted by Gasteiger charge is 2.17. The molecule has 1 aliphatic heterocycles. The molecule has 1 aromatic heterocycles. The number of hydrogen-bond donors (Lipinski definition) is 2. The smallest absolute Gasteiger partial charge is 0.241 e. The van der Waals surface area contributed by atoms with Crippen LogP contribution in [0, 0.1) is 6.92 Å². The summed E-state index contributed by atoms with van der Waals surface area (Å²) in [7, 11) is -3.53. The van der Waals surface area contributed by atoms with Gasteiger partial charge in [-0.25, -0.2) is 13.1 Å². The summed E-state index contributed by atoms with van der Waals surface area (Å²) < 4.78 is 32.6. The van der Waals surface area contributed by atoms with E-state index in [1.807, 2.05) is 19.1 Å². The predicted molar refractivity (Wildman–Crippen MR) is 80.7 cm³/mol. The SMILES string of the molecule is Cc1ccc(CNS(=O)(=O)c2ccc3c(c2)NCCC3)o1.